The normalized spacial score (nSPS) is 21.2. The Labute approximate surface area is 282 Å². The van der Waals surface area contributed by atoms with Crippen molar-refractivity contribution in [3.05, 3.63) is 63.6 Å². The molecule has 0 bridgehead atoms. The molecule has 2 aromatic rings. The Morgan fingerprint density at radius 2 is 1.63 bits per heavy atom. The number of esters is 1. The van der Waals surface area contributed by atoms with Gasteiger partial charge in [0.15, 0.2) is 0 Å². The van der Waals surface area contributed by atoms with Gasteiger partial charge in [0.2, 0.25) is 11.8 Å². The Morgan fingerprint density at radius 1 is 1.07 bits per heavy atom. The first-order chi connectivity index (χ1) is 21.6. The molecule has 0 spiro atoms. The summed E-state index contributed by atoms with van der Waals surface area (Å²) in [6.07, 6.45) is 1.28. The van der Waals surface area contributed by atoms with E-state index in [0.29, 0.717) is 44.8 Å². The van der Waals surface area contributed by atoms with Crippen LogP contribution in [0.15, 0.2) is 42.5 Å². The van der Waals surface area contributed by atoms with E-state index < -0.39 is 42.3 Å². The van der Waals surface area contributed by atoms with Crippen molar-refractivity contribution in [2.24, 2.45) is 16.7 Å². The van der Waals surface area contributed by atoms with Crippen molar-refractivity contribution in [3.8, 4) is 0 Å². The van der Waals surface area contributed by atoms with Gasteiger partial charge in [-0.25, -0.2) is 4.79 Å². The summed E-state index contributed by atoms with van der Waals surface area (Å²) in [7, 11) is 4.53. The number of hydrogen-bond acceptors (Lipinski definition) is 7. The minimum Gasteiger partial charge on any atom is -0.467 e. The van der Waals surface area contributed by atoms with E-state index in [1.165, 1.54) is 13.8 Å². The highest BCUT2D eigenvalue weighted by Crippen LogP contribution is 2.57. The second kappa shape index (κ2) is 16.2. The van der Waals surface area contributed by atoms with Crippen LogP contribution in [0.5, 0.6) is 0 Å². The molecule has 1 unspecified atom stereocenters. The minimum absolute atomic E-state index is 0.0413. The van der Waals surface area contributed by atoms with Crippen LogP contribution in [-0.2, 0) is 34.8 Å². The third kappa shape index (κ3) is 8.88. The molecule has 10 nitrogen and oxygen atoms in total. The van der Waals surface area contributed by atoms with Crippen LogP contribution in [0, 0.1) is 16.7 Å². The zero-order chi connectivity index (χ0) is 34.2. The van der Waals surface area contributed by atoms with Crippen molar-refractivity contribution in [2.75, 3.05) is 45.4 Å². The second-order valence-electron chi connectivity index (χ2n) is 12.1. The number of amides is 3. The molecule has 3 amide bonds. The largest absolute Gasteiger partial charge is 0.502 e. The van der Waals surface area contributed by atoms with Crippen LogP contribution < -0.4 is 10.6 Å². The summed E-state index contributed by atoms with van der Waals surface area (Å²) in [5.74, 6) is -1.73. The summed E-state index contributed by atoms with van der Waals surface area (Å²) in [5.41, 5.74) is 0.0721. The topological polar surface area (TPSA) is 131 Å². The maximum atomic E-state index is 13.6. The molecule has 14 heteroatoms. The van der Waals surface area contributed by atoms with E-state index in [-0.39, 0.29) is 33.8 Å². The summed E-state index contributed by atoms with van der Waals surface area (Å²) >= 11 is 12.3. The molecule has 2 aromatic carbocycles. The van der Waals surface area contributed by atoms with E-state index in [1.54, 1.807) is 42.5 Å². The van der Waals surface area contributed by atoms with Gasteiger partial charge >= 0.3 is 13.5 Å². The molecule has 1 aliphatic carbocycles. The Kier molecular flexibility index (Phi) is 13.2. The Hall–Kier alpha value is -2.98. The first-order valence-electron chi connectivity index (χ1n) is 14.9. The van der Waals surface area contributed by atoms with Gasteiger partial charge in [0, 0.05) is 31.1 Å². The van der Waals surface area contributed by atoms with Crippen LogP contribution in [0.25, 0.3) is 0 Å². The van der Waals surface area contributed by atoms with Crippen LogP contribution in [0.3, 0.4) is 0 Å². The van der Waals surface area contributed by atoms with Crippen molar-refractivity contribution < 1.29 is 33.2 Å². The number of nitrogens with zero attached hydrogens (tertiary/aromatic N) is 1. The molecule has 1 heterocycles. The number of benzene rings is 2. The quantitative estimate of drug-likeness (QED) is 0.219. The molecule has 4 atom stereocenters. The highest BCUT2D eigenvalue weighted by atomic mass is 35.5. The Balaban J connectivity index is 0.00000136. The van der Waals surface area contributed by atoms with Crippen molar-refractivity contribution in [1.29, 1.82) is 0 Å². The first kappa shape index (κ1) is 37.5. The van der Waals surface area contributed by atoms with Crippen LogP contribution in [0.1, 0.15) is 49.5 Å². The van der Waals surface area contributed by atoms with Crippen molar-refractivity contribution in [2.45, 2.75) is 46.1 Å². The zero-order valence-corrected chi connectivity index (χ0v) is 29.1. The highest BCUT2D eigenvalue weighted by Gasteiger charge is 2.59. The minimum atomic E-state index is -1.37. The van der Waals surface area contributed by atoms with Gasteiger partial charge in [-0.05, 0) is 48.1 Å². The highest BCUT2D eigenvalue weighted by molar-refractivity contribution is 7.71. The fourth-order valence-corrected chi connectivity index (χ4v) is 6.50. The lowest BCUT2D eigenvalue weighted by atomic mass is 9.64. The number of carbonyl (C=O) groups excluding carboxylic acids is 4. The van der Waals surface area contributed by atoms with Gasteiger partial charge in [0.05, 0.1) is 41.3 Å². The number of ether oxygens (including phenoxy) is 2. The van der Waals surface area contributed by atoms with Crippen molar-refractivity contribution >= 4 is 67.8 Å². The molecular weight excluding hydrogens is 651 g/mol. The van der Waals surface area contributed by atoms with Gasteiger partial charge in [-0.1, -0.05) is 62.2 Å². The third-order valence-corrected chi connectivity index (χ3v) is 9.59. The van der Waals surface area contributed by atoms with E-state index >= 15 is 0 Å². The maximum absolute atomic E-state index is 13.6. The number of nitrogens with one attached hydrogen (secondary N) is 2. The molecule has 2 fully saturated rings. The molecule has 2 radical (unpaired) electrons. The molecule has 2 N–H and O–H groups in total. The number of rotatable bonds is 8. The lowest BCUT2D eigenvalue weighted by Crippen LogP contribution is -2.54. The van der Waals surface area contributed by atoms with Crippen molar-refractivity contribution in [3.63, 3.8) is 0 Å². The second-order valence-corrected chi connectivity index (χ2v) is 14.0. The summed E-state index contributed by atoms with van der Waals surface area (Å²) in [4.78, 5) is 54.4. The van der Waals surface area contributed by atoms with Crippen LogP contribution in [0.4, 0.5) is 5.69 Å². The number of anilines is 1. The molecule has 1 saturated carbocycles. The molecule has 0 aromatic heterocycles. The lowest BCUT2D eigenvalue weighted by molar-refractivity contribution is -0.153. The van der Waals surface area contributed by atoms with E-state index in [1.807, 2.05) is 25.7 Å². The van der Waals surface area contributed by atoms with Gasteiger partial charge in [0.25, 0.3) is 13.6 Å². The molecule has 46 heavy (non-hydrogen) atoms. The summed E-state index contributed by atoms with van der Waals surface area (Å²) < 4.78 is 19.8. The fraction of sp³-hybridized carbons (Fsp3) is 0.500. The lowest BCUT2D eigenvalue weighted by Gasteiger charge is -2.43. The Morgan fingerprint density at radius 3 is 2.17 bits per heavy atom. The predicted octanol–water partition coefficient (Wildman–Crippen LogP) is 5.27. The fourth-order valence-electron chi connectivity index (χ4n) is 5.93. The smallest absolute Gasteiger partial charge is 0.467 e. The predicted molar refractivity (Wildman–Crippen MR) is 180 cm³/mol. The molecule has 1 aliphatic heterocycles. The number of halogens is 2. The van der Waals surface area contributed by atoms with Crippen LogP contribution in [0.2, 0.25) is 10.0 Å². The number of carbonyl (C=O) groups is 4. The molecule has 246 valence electrons. The van der Waals surface area contributed by atoms with Gasteiger partial charge in [-0.2, -0.15) is 0 Å². The van der Waals surface area contributed by atoms with Gasteiger partial charge < -0.3 is 25.0 Å². The SMILES string of the molecule is COC(=O)[C@H](Cc1ccc(NC(=O)c2c(Cl)cccc2Cl)cc1)NC(=O)[C@H]1CC[C@@](C)(C(=O)N2CCOCC2)C1(C)C.[B][P+](C)=O. The van der Waals surface area contributed by atoms with E-state index in [0.717, 1.165) is 5.56 Å². The van der Waals surface area contributed by atoms with Gasteiger partial charge in [0.1, 0.15) is 12.7 Å². The number of morpholine rings is 1. The molecule has 1 saturated heterocycles. The van der Waals surface area contributed by atoms with Crippen LogP contribution >= 0.6 is 30.9 Å². The zero-order valence-electron chi connectivity index (χ0n) is 26.7. The molecule has 4 rings (SSSR count). The molecule has 2 aliphatic rings. The van der Waals surface area contributed by atoms with E-state index in [2.05, 4.69) is 18.2 Å². The van der Waals surface area contributed by atoms with Crippen molar-refractivity contribution in [1.82, 2.24) is 10.2 Å². The van der Waals surface area contributed by atoms with Gasteiger partial charge in [-0.15, -0.1) is 4.57 Å². The van der Waals surface area contributed by atoms with Gasteiger partial charge in [-0.3, -0.25) is 14.4 Å². The molecular formula is C32H40BCl2N3O7P+. The Bertz CT molecular complexity index is 1430. The monoisotopic (exact) mass is 690 g/mol. The van der Waals surface area contributed by atoms with E-state index in [4.69, 9.17) is 32.7 Å². The average molecular weight is 691 g/mol. The number of hydrogen-bond donors (Lipinski definition) is 2. The number of methoxy groups -OCH3 is 1. The first-order valence-corrected chi connectivity index (χ1v) is 17.4. The summed E-state index contributed by atoms with van der Waals surface area (Å²) in [6, 6.07) is 10.8. The summed E-state index contributed by atoms with van der Waals surface area (Å²) in [6.45, 7) is 9.42. The van der Waals surface area contributed by atoms with E-state index in [9.17, 15) is 23.7 Å². The average Bonchev–Trinajstić information content (AvgIpc) is 3.25. The van der Waals surface area contributed by atoms with Crippen LogP contribution in [-0.4, -0.2) is 82.3 Å². The third-order valence-electron chi connectivity index (χ3n) is 8.96. The summed E-state index contributed by atoms with van der Waals surface area (Å²) in [5, 5.41) is 6.14. The maximum Gasteiger partial charge on any atom is 0.502 e. The standard InChI is InChI=1S/C31H37Cl2N3O6.CH3BOP/c1-30(2)21(12-13-31(30,3)29(40)36-14-16-42-17-15-36)26(37)35-24(28(39)41-4)18-19-8-10-20(11-9-19)34-27(38)25-22(32)6-5-7-23(25)33;1-4(2)3/h5-11,21,24H,12-18H2,1-4H3,(H,34,38)(H,35,37);1H3/q;+1/t21-,24+,31+;/m1./s1.